The second-order valence-electron chi connectivity index (χ2n) is 6.69. The van der Waals surface area contributed by atoms with Crippen molar-refractivity contribution in [2.45, 2.75) is 25.9 Å². The van der Waals surface area contributed by atoms with Gasteiger partial charge in [0.1, 0.15) is 5.69 Å². The first kappa shape index (κ1) is 16.3. The van der Waals surface area contributed by atoms with Crippen LogP contribution < -0.4 is 0 Å². The van der Waals surface area contributed by atoms with Crippen molar-refractivity contribution in [2.75, 3.05) is 31.1 Å². The van der Waals surface area contributed by atoms with Gasteiger partial charge in [-0.3, -0.25) is 14.7 Å². The van der Waals surface area contributed by atoms with E-state index < -0.39 is 9.84 Å². The van der Waals surface area contributed by atoms with Gasteiger partial charge in [-0.15, -0.1) is 0 Å². The maximum atomic E-state index is 12.7. The lowest BCUT2D eigenvalue weighted by Crippen LogP contribution is -2.61. The van der Waals surface area contributed by atoms with Gasteiger partial charge in [0.2, 0.25) is 0 Å². The van der Waals surface area contributed by atoms with Crippen LogP contribution in [0.5, 0.6) is 0 Å². The van der Waals surface area contributed by atoms with Crippen molar-refractivity contribution >= 4 is 15.7 Å². The number of carbonyl (C=O) groups is 1. The molecule has 0 N–H and O–H groups in total. The van der Waals surface area contributed by atoms with Gasteiger partial charge in [-0.25, -0.2) is 13.4 Å². The number of nitrogens with zero attached hydrogens (tertiary/aromatic N) is 4. The minimum absolute atomic E-state index is 0.0399. The number of fused-ring (bicyclic) bond motifs is 1. The van der Waals surface area contributed by atoms with Gasteiger partial charge in [0, 0.05) is 38.1 Å². The quantitative estimate of drug-likeness (QED) is 0.775. The van der Waals surface area contributed by atoms with Crippen molar-refractivity contribution in [1.82, 2.24) is 19.8 Å². The molecular formula is C15H22N4O3S. The Bertz CT molecular complexity index is 677. The molecule has 2 aliphatic rings. The van der Waals surface area contributed by atoms with E-state index in [9.17, 15) is 13.2 Å². The molecule has 0 radical (unpaired) electrons. The topological polar surface area (TPSA) is 83.5 Å². The van der Waals surface area contributed by atoms with Crippen LogP contribution in [0.15, 0.2) is 18.6 Å². The van der Waals surface area contributed by atoms with Gasteiger partial charge in [0.05, 0.1) is 23.7 Å². The third-order valence-electron chi connectivity index (χ3n) is 4.43. The Morgan fingerprint density at radius 2 is 2.00 bits per heavy atom. The minimum Gasteiger partial charge on any atom is -0.330 e. The van der Waals surface area contributed by atoms with Crippen molar-refractivity contribution < 1.29 is 13.2 Å². The van der Waals surface area contributed by atoms with Gasteiger partial charge in [0.25, 0.3) is 5.91 Å². The van der Waals surface area contributed by atoms with Gasteiger partial charge >= 0.3 is 0 Å². The monoisotopic (exact) mass is 338 g/mol. The second kappa shape index (κ2) is 6.16. The minimum atomic E-state index is -3.12. The van der Waals surface area contributed by atoms with E-state index in [0.29, 0.717) is 19.0 Å². The summed E-state index contributed by atoms with van der Waals surface area (Å²) in [5, 5.41) is 0. The summed E-state index contributed by atoms with van der Waals surface area (Å²) in [6.07, 6.45) is 4.42. The predicted molar refractivity (Wildman–Crippen MR) is 85.7 cm³/mol. The summed E-state index contributed by atoms with van der Waals surface area (Å²) >= 11 is 0. The van der Waals surface area contributed by atoms with E-state index in [1.54, 1.807) is 4.90 Å². The summed E-state index contributed by atoms with van der Waals surface area (Å²) in [6.45, 7) is 6.31. The molecule has 0 aromatic carbocycles. The van der Waals surface area contributed by atoms with E-state index in [1.165, 1.54) is 18.6 Å². The predicted octanol–water partition coefficient (Wildman–Crippen LogP) is 0.0560. The number of sulfone groups is 1. The summed E-state index contributed by atoms with van der Waals surface area (Å²) in [4.78, 5) is 24.6. The first-order chi connectivity index (χ1) is 10.9. The summed E-state index contributed by atoms with van der Waals surface area (Å²) in [5.41, 5.74) is 0.271. The molecule has 126 valence electrons. The number of piperazine rings is 1. The molecule has 3 rings (SSSR count). The van der Waals surface area contributed by atoms with Crippen LogP contribution in [0, 0.1) is 5.92 Å². The Balaban J connectivity index is 1.85. The Morgan fingerprint density at radius 3 is 2.65 bits per heavy atom. The zero-order valence-electron chi connectivity index (χ0n) is 13.4. The average molecular weight is 338 g/mol. The van der Waals surface area contributed by atoms with E-state index in [2.05, 4.69) is 28.7 Å². The fraction of sp³-hybridized carbons (Fsp3) is 0.667. The molecule has 1 aromatic rings. The molecule has 8 heteroatoms. The molecule has 1 aromatic heterocycles. The van der Waals surface area contributed by atoms with Crippen molar-refractivity contribution in [3.8, 4) is 0 Å². The number of amides is 1. The van der Waals surface area contributed by atoms with Crippen LogP contribution in [0.25, 0.3) is 0 Å². The normalized spacial score (nSPS) is 27.2. The molecule has 0 saturated carbocycles. The van der Waals surface area contributed by atoms with Gasteiger partial charge in [-0.05, 0) is 5.92 Å². The maximum Gasteiger partial charge on any atom is 0.274 e. The molecule has 7 nitrogen and oxygen atoms in total. The Labute approximate surface area is 136 Å². The zero-order chi connectivity index (χ0) is 16.6. The molecule has 23 heavy (non-hydrogen) atoms. The van der Waals surface area contributed by atoms with E-state index in [0.717, 1.165) is 6.54 Å². The SMILES string of the molecule is CC(C)CN1CCN(C(=O)c2cnccn2)[C@H]2CS(=O)(=O)C[C@H]21. The molecule has 2 fully saturated rings. The summed E-state index contributed by atoms with van der Waals surface area (Å²) in [5.74, 6) is 0.406. The molecule has 0 aliphatic carbocycles. The highest BCUT2D eigenvalue weighted by molar-refractivity contribution is 7.91. The molecule has 1 amide bonds. The van der Waals surface area contributed by atoms with E-state index in [-0.39, 0.29) is 35.2 Å². The van der Waals surface area contributed by atoms with E-state index >= 15 is 0 Å². The third kappa shape index (κ3) is 3.37. The van der Waals surface area contributed by atoms with Crippen molar-refractivity contribution in [3.05, 3.63) is 24.3 Å². The van der Waals surface area contributed by atoms with E-state index in [4.69, 9.17) is 0 Å². The molecule has 0 unspecified atom stereocenters. The summed E-state index contributed by atoms with van der Waals surface area (Å²) in [7, 11) is -3.12. The Morgan fingerprint density at radius 1 is 1.26 bits per heavy atom. The third-order valence-corrected chi connectivity index (χ3v) is 6.13. The average Bonchev–Trinajstić information content (AvgIpc) is 2.83. The molecular weight excluding hydrogens is 316 g/mol. The smallest absolute Gasteiger partial charge is 0.274 e. The second-order valence-corrected chi connectivity index (χ2v) is 8.84. The molecule has 0 spiro atoms. The lowest BCUT2D eigenvalue weighted by Gasteiger charge is -2.44. The van der Waals surface area contributed by atoms with Crippen LogP contribution in [-0.4, -0.2) is 77.3 Å². The number of hydrogen-bond acceptors (Lipinski definition) is 6. The first-order valence-electron chi connectivity index (χ1n) is 7.89. The van der Waals surface area contributed by atoms with Crippen LogP contribution in [-0.2, 0) is 9.84 Å². The lowest BCUT2D eigenvalue weighted by atomic mass is 10.0. The highest BCUT2D eigenvalue weighted by Crippen LogP contribution is 2.28. The molecule has 0 bridgehead atoms. The standard InChI is InChI=1S/C15H22N4O3S/c1-11(2)8-18-5-6-19(14-10-23(21,22)9-13(14)18)15(20)12-7-16-3-4-17-12/h3-4,7,11,13-14H,5-6,8-10H2,1-2H3/t13-,14+/m1/s1. The van der Waals surface area contributed by atoms with Gasteiger partial charge in [-0.1, -0.05) is 13.8 Å². The van der Waals surface area contributed by atoms with Crippen LogP contribution >= 0.6 is 0 Å². The lowest BCUT2D eigenvalue weighted by molar-refractivity contribution is 0.0292. The largest absolute Gasteiger partial charge is 0.330 e. The van der Waals surface area contributed by atoms with Gasteiger partial charge in [0.15, 0.2) is 9.84 Å². The van der Waals surface area contributed by atoms with Gasteiger partial charge < -0.3 is 4.90 Å². The fourth-order valence-corrected chi connectivity index (χ4v) is 5.54. The van der Waals surface area contributed by atoms with Crippen LogP contribution in [0.1, 0.15) is 24.3 Å². The van der Waals surface area contributed by atoms with Gasteiger partial charge in [-0.2, -0.15) is 0 Å². The Kier molecular flexibility index (Phi) is 4.37. The van der Waals surface area contributed by atoms with Crippen LogP contribution in [0.3, 0.4) is 0 Å². The molecule has 2 aliphatic heterocycles. The first-order valence-corrected chi connectivity index (χ1v) is 9.71. The Hall–Kier alpha value is -1.54. The highest BCUT2D eigenvalue weighted by atomic mass is 32.2. The maximum absolute atomic E-state index is 12.7. The number of rotatable bonds is 3. The van der Waals surface area contributed by atoms with Crippen LogP contribution in [0.2, 0.25) is 0 Å². The zero-order valence-corrected chi connectivity index (χ0v) is 14.2. The summed E-state index contributed by atoms with van der Waals surface area (Å²) < 4.78 is 24.3. The number of hydrogen-bond donors (Lipinski definition) is 0. The molecule has 2 atom stereocenters. The van der Waals surface area contributed by atoms with Crippen molar-refractivity contribution in [2.24, 2.45) is 5.92 Å². The highest BCUT2D eigenvalue weighted by Gasteiger charge is 2.48. The number of aromatic nitrogens is 2. The molecule has 3 heterocycles. The number of carbonyl (C=O) groups excluding carboxylic acids is 1. The summed E-state index contributed by atoms with van der Waals surface area (Å²) in [6, 6.07) is -0.404. The molecule has 2 saturated heterocycles. The van der Waals surface area contributed by atoms with Crippen LogP contribution in [0.4, 0.5) is 0 Å². The van der Waals surface area contributed by atoms with Crippen molar-refractivity contribution in [1.29, 1.82) is 0 Å². The fourth-order valence-electron chi connectivity index (χ4n) is 3.53. The van der Waals surface area contributed by atoms with E-state index in [1.807, 2.05) is 0 Å². The van der Waals surface area contributed by atoms with Crippen molar-refractivity contribution in [3.63, 3.8) is 0 Å².